The number of hydrogen-bond donors (Lipinski definition) is 2. The maximum atomic E-state index is 12.1. The Balaban J connectivity index is 2.51. The minimum Gasteiger partial charge on any atom is -0.481 e. The number of nitrogens with zero attached hydrogens (tertiary/aromatic N) is 1. The predicted octanol–water partition coefficient (Wildman–Crippen LogP) is 1.45. The number of nitrogens with one attached hydrogen (secondary N) is 1. The average molecular weight is 272 g/mol. The van der Waals surface area contributed by atoms with Crippen LogP contribution in [-0.2, 0) is 9.53 Å². The molecule has 1 rings (SSSR count). The van der Waals surface area contributed by atoms with E-state index in [-0.39, 0.29) is 24.6 Å². The molecule has 2 atom stereocenters. The van der Waals surface area contributed by atoms with Crippen molar-refractivity contribution < 1.29 is 19.4 Å². The maximum absolute atomic E-state index is 12.1. The van der Waals surface area contributed by atoms with Gasteiger partial charge in [-0.05, 0) is 19.8 Å². The summed E-state index contributed by atoms with van der Waals surface area (Å²) < 4.78 is 5.48. The Morgan fingerprint density at radius 2 is 2.26 bits per heavy atom. The third-order valence-electron chi connectivity index (χ3n) is 3.13. The van der Waals surface area contributed by atoms with Crippen molar-refractivity contribution in [3.8, 4) is 0 Å². The highest BCUT2D eigenvalue weighted by molar-refractivity contribution is 5.76. The van der Waals surface area contributed by atoms with Crippen molar-refractivity contribution in [2.24, 2.45) is 0 Å². The summed E-state index contributed by atoms with van der Waals surface area (Å²) in [5, 5.41) is 11.7. The number of carbonyl (C=O) groups is 2. The highest BCUT2D eigenvalue weighted by atomic mass is 16.5. The predicted molar refractivity (Wildman–Crippen MR) is 71.1 cm³/mol. The zero-order valence-corrected chi connectivity index (χ0v) is 11.7. The van der Waals surface area contributed by atoms with E-state index in [1.165, 1.54) is 0 Å². The molecule has 0 aromatic heterocycles. The highest BCUT2D eigenvalue weighted by Gasteiger charge is 2.22. The van der Waals surface area contributed by atoms with Crippen LogP contribution < -0.4 is 5.32 Å². The molecule has 0 aromatic rings. The molecule has 110 valence electrons. The Hall–Kier alpha value is -1.30. The summed E-state index contributed by atoms with van der Waals surface area (Å²) in [5.41, 5.74) is 0. The summed E-state index contributed by atoms with van der Waals surface area (Å²) in [6.07, 6.45) is 2.34. The van der Waals surface area contributed by atoms with E-state index in [2.05, 4.69) is 5.32 Å². The largest absolute Gasteiger partial charge is 0.481 e. The number of aliphatic carboxylic acids is 1. The average Bonchev–Trinajstić information content (AvgIpc) is 2.53. The summed E-state index contributed by atoms with van der Waals surface area (Å²) in [7, 11) is 0. The monoisotopic (exact) mass is 272 g/mol. The van der Waals surface area contributed by atoms with Gasteiger partial charge in [0.1, 0.15) is 0 Å². The van der Waals surface area contributed by atoms with Gasteiger partial charge >= 0.3 is 12.0 Å². The van der Waals surface area contributed by atoms with Crippen LogP contribution in [0.5, 0.6) is 0 Å². The van der Waals surface area contributed by atoms with Gasteiger partial charge in [-0.15, -0.1) is 0 Å². The topological polar surface area (TPSA) is 78.9 Å². The lowest BCUT2D eigenvalue weighted by Gasteiger charge is -2.25. The van der Waals surface area contributed by atoms with Gasteiger partial charge in [0.25, 0.3) is 0 Å². The van der Waals surface area contributed by atoms with E-state index >= 15 is 0 Å². The first kappa shape index (κ1) is 15.8. The first-order valence-electron chi connectivity index (χ1n) is 6.91. The second-order valence-electron chi connectivity index (χ2n) is 5.01. The van der Waals surface area contributed by atoms with E-state index in [4.69, 9.17) is 9.84 Å². The van der Waals surface area contributed by atoms with E-state index in [0.717, 1.165) is 12.8 Å². The molecule has 1 aliphatic rings. The standard InChI is InChI=1S/C13H24N2O4/c1-3-5-11(8-12(16)17)14-13(18)15-6-4-7-19-10(2)9-15/h10-11H,3-9H2,1-2H3,(H,14,18)(H,16,17). The second kappa shape index (κ2) is 7.99. The Morgan fingerprint density at radius 1 is 1.53 bits per heavy atom. The van der Waals surface area contributed by atoms with E-state index in [9.17, 15) is 9.59 Å². The smallest absolute Gasteiger partial charge is 0.317 e. The number of hydrogen-bond acceptors (Lipinski definition) is 3. The number of urea groups is 1. The molecule has 0 aliphatic carbocycles. The normalized spacial score (nSPS) is 21.6. The molecule has 0 aromatic carbocycles. The van der Waals surface area contributed by atoms with Gasteiger partial charge in [-0.1, -0.05) is 13.3 Å². The van der Waals surface area contributed by atoms with Crippen LogP contribution in [-0.4, -0.2) is 53.8 Å². The molecule has 0 radical (unpaired) electrons. The van der Waals surface area contributed by atoms with E-state index in [1.54, 1.807) is 4.90 Å². The molecule has 2 amide bonds. The Morgan fingerprint density at radius 3 is 2.89 bits per heavy atom. The molecular weight excluding hydrogens is 248 g/mol. The van der Waals surface area contributed by atoms with Crippen LogP contribution in [0.1, 0.15) is 39.5 Å². The summed E-state index contributed by atoms with van der Waals surface area (Å²) in [5.74, 6) is -0.883. The highest BCUT2D eigenvalue weighted by Crippen LogP contribution is 2.08. The summed E-state index contributed by atoms with van der Waals surface area (Å²) in [4.78, 5) is 24.6. The van der Waals surface area contributed by atoms with Crippen molar-refractivity contribution in [1.29, 1.82) is 0 Å². The number of carboxylic acid groups (broad SMARTS) is 1. The third-order valence-corrected chi connectivity index (χ3v) is 3.13. The number of carbonyl (C=O) groups excluding carboxylic acids is 1. The second-order valence-corrected chi connectivity index (χ2v) is 5.01. The Kier molecular flexibility index (Phi) is 6.62. The molecule has 1 fully saturated rings. The quantitative estimate of drug-likeness (QED) is 0.794. The van der Waals surface area contributed by atoms with Crippen LogP contribution in [0.15, 0.2) is 0 Å². The minimum absolute atomic E-state index is 0.0253. The number of carboxylic acids is 1. The fourth-order valence-corrected chi connectivity index (χ4v) is 2.23. The number of amides is 2. The molecule has 6 heteroatoms. The molecular formula is C13H24N2O4. The first-order chi connectivity index (χ1) is 9.02. The van der Waals surface area contributed by atoms with Gasteiger partial charge in [0.15, 0.2) is 0 Å². The fourth-order valence-electron chi connectivity index (χ4n) is 2.23. The zero-order valence-electron chi connectivity index (χ0n) is 11.7. The molecule has 0 bridgehead atoms. The molecule has 1 aliphatic heterocycles. The van der Waals surface area contributed by atoms with Crippen LogP contribution in [0.4, 0.5) is 4.79 Å². The van der Waals surface area contributed by atoms with E-state index in [1.807, 2.05) is 13.8 Å². The molecule has 19 heavy (non-hydrogen) atoms. The minimum atomic E-state index is -0.883. The summed E-state index contributed by atoms with van der Waals surface area (Å²) in [6.45, 7) is 5.79. The van der Waals surface area contributed by atoms with Crippen LogP contribution in [0.3, 0.4) is 0 Å². The maximum Gasteiger partial charge on any atom is 0.317 e. The van der Waals surface area contributed by atoms with E-state index in [0.29, 0.717) is 26.1 Å². The molecule has 1 heterocycles. The van der Waals surface area contributed by atoms with Gasteiger partial charge in [-0.25, -0.2) is 4.79 Å². The number of ether oxygens (including phenoxy) is 1. The molecule has 0 spiro atoms. The molecule has 2 unspecified atom stereocenters. The number of rotatable bonds is 5. The van der Waals surface area contributed by atoms with Crippen LogP contribution in [0.25, 0.3) is 0 Å². The van der Waals surface area contributed by atoms with Crippen LogP contribution in [0.2, 0.25) is 0 Å². The molecule has 1 saturated heterocycles. The van der Waals surface area contributed by atoms with Crippen molar-refractivity contribution in [1.82, 2.24) is 10.2 Å². The van der Waals surface area contributed by atoms with Crippen molar-refractivity contribution in [3.05, 3.63) is 0 Å². The molecule has 6 nitrogen and oxygen atoms in total. The van der Waals surface area contributed by atoms with Crippen molar-refractivity contribution in [2.75, 3.05) is 19.7 Å². The van der Waals surface area contributed by atoms with Gasteiger partial charge in [-0.2, -0.15) is 0 Å². The lowest BCUT2D eigenvalue weighted by atomic mass is 10.1. The molecule has 2 N–H and O–H groups in total. The summed E-state index contributed by atoms with van der Waals surface area (Å²) in [6, 6.07) is -0.480. The SMILES string of the molecule is CCCC(CC(=O)O)NC(=O)N1CCCOC(C)C1. The van der Waals surface area contributed by atoms with Crippen molar-refractivity contribution in [3.63, 3.8) is 0 Å². The van der Waals surface area contributed by atoms with E-state index < -0.39 is 5.97 Å². The summed E-state index contributed by atoms with van der Waals surface area (Å²) >= 11 is 0. The third kappa shape index (κ3) is 5.92. The van der Waals surface area contributed by atoms with Gasteiger partial charge in [0, 0.05) is 25.7 Å². The van der Waals surface area contributed by atoms with Gasteiger partial charge in [0.2, 0.25) is 0 Å². The van der Waals surface area contributed by atoms with Crippen molar-refractivity contribution >= 4 is 12.0 Å². The lowest BCUT2D eigenvalue weighted by molar-refractivity contribution is -0.137. The van der Waals surface area contributed by atoms with Gasteiger partial charge in [0.05, 0.1) is 12.5 Å². The van der Waals surface area contributed by atoms with Crippen LogP contribution >= 0.6 is 0 Å². The van der Waals surface area contributed by atoms with Gasteiger partial charge < -0.3 is 20.1 Å². The molecule has 0 saturated carbocycles. The van der Waals surface area contributed by atoms with Crippen molar-refractivity contribution in [2.45, 2.75) is 51.7 Å². The van der Waals surface area contributed by atoms with Gasteiger partial charge in [-0.3, -0.25) is 4.79 Å². The zero-order chi connectivity index (χ0) is 14.3. The Bertz CT molecular complexity index is 309. The Labute approximate surface area is 114 Å². The lowest BCUT2D eigenvalue weighted by Crippen LogP contribution is -2.47. The first-order valence-corrected chi connectivity index (χ1v) is 6.91. The van der Waals surface area contributed by atoms with Crippen LogP contribution in [0, 0.1) is 0 Å². The fraction of sp³-hybridized carbons (Fsp3) is 0.846.